The first kappa shape index (κ1) is 61.3. The van der Waals surface area contributed by atoms with Gasteiger partial charge in [0.05, 0.1) is 52.2 Å². The van der Waals surface area contributed by atoms with Crippen molar-refractivity contribution < 1.29 is 121 Å². The number of phenolic OH excluding ortho intramolecular Hbond substituents is 2. The number of benzene rings is 5. The molecule has 0 aliphatic heterocycles. The van der Waals surface area contributed by atoms with Crippen molar-refractivity contribution in [3.8, 4) is 34.0 Å². The van der Waals surface area contributed by atoms with E-state index >= 15 is 0 Å². The molecule has 71 heavy (non-hydrogen) atoms. The number of aromatic carboxylic acids is 3. The number of aromatic hydroxyl groups is 2. The molecule has 7 rings (SSSR count). The van der Waals surface area contributed by atoms with Crippen LogP contribution >= 0.6 is 0 Å². The van der Waals surface area contributed by atoms with E-state index in [2.05, 4.69) is 9.97 Å². The van der Waals surface area contributed by atoms with E-state index in [0.717, 1.165) is 12.7 Å². The SMILES string of the molecule is CC(=O)C1=C[CH+]C(=O)C(C)=C1.CO.Cc1cc(-c2cc(-c3ccc(C(=O)O)cc3)[nH]c(=O)n2)ccc1O.Cc1cc(C(=O)/C=C/c2ccc(C(=O)O)cc2)ccc1O.O=Cc1ccc(C(=O)O)cc1.[K+].[OH-]. The van der Waals surface area contributed by atoms with Crippen molar-refractivity contribution in [3.63, 3.8) is 0 Å². The summed E-state index contributed by atoms with van der Waals surface area (Å²) >= 11 is 0. The van der Waals surface area contributed by atoms with Gasteiger partial charge in [-0.1, -0.05) is 42.5 Å². The number of aryl methyl sites for hydroxylation is 2. The smallest absolute Gasteiger partial charge is 0.870 e. The molecule has 0 unspecified atom stereocenters. The van der Waals surface area contributed by atoms with Crippen LogP contribution in [0, 0.1) is 20.3 Å². The minimum absolute atomic E-state index is 0. The maximum absolute atomic E-state index is 12.0. The molecule has 1 aliphatic carbocycles. The fourth-order valence-corrected chi connectivity index (χ4v) is 5.75. The van der Waals surface area contributed by atoms with Crippen molar-refractivity contribution in [1.29, 1.82) is 0 Å². The van der Waals surface area contributed by atoms with Gasteiger partial charge in [0.2, 0.25) is 5.78 Å². The number of Topliss-reactive ketones (excluding diaryl/α,β-unsaturated/α-hetero) is 2. The number of H-pyrrole nitrogens is 1. The van der Waals surface area contributed by atoms with Crippen LogP contribution in [0.2, 0.25) is 0 Å². The van der Waals surface area contributed by atoms with Crippen molar-refractivity contribution in [2.24, 2.45) is 0 Å². The van der Waals surface area contributed by atoms with Crippen LogP contribution in [0.25, 0.3) is 28.6 Å². The zero-order chi connectivity index (χ0) is 51.4. The van der Waals surface area contributed by atoms with E-state index in [1.165, 1.54) is 74.0 Å². The van der Waals surface area contributed by atoms with Crippen molar-refractivity contribution in [1.82, 2.24) is 9.97 Å². The van der Waals surface area contributed by atoms with Gasteiger partial charge in [0.15, 0.2) is 5.78 Å². The van der Waals surface area contributed by atoms with Crippen LogP contribution in [0.4, 0.5) is 0 Å². The Balaban J connectivity index is 0.000000488. The number of rotatable bonds is 10. The van der Waals surface area contributed by atoms with E-state index in [0.29, 0.717) is 62.2 Å². The monoisotopic (exact) mass is 991 g/mol. The molecule has 5 aromatic carbocycles. The molecule has 6 aromatic rings. The molecule has 0 saturated heterocycles. The third kappa shape index (κ3) is 19.3. The van der Waals surface area contributed by atoms with Gasteiger partial charge in [0, 0.05) is 37.6 Å². The van der Waals surface area contributed by atoms with Crippen LogP contribution in [-0.2, 0) is 9.59 Å². The Morgan fingerprint density at radius 3 is 1.52 bits per heavy atom. The minimum Gasteiger partial charge on any atom is -0.870 e. The number of hydrogen-bond donors (Lipinski definition) is 7. The third-order valence-corrected chi connectivity index (χ3v) is 9.62. The number of aliphatic hydroxyl groups is 1. The van der Waals surface area contributed by atoms with Crippen molar-refractivity contribution in [3.05, 3.63) is 206 Å². The summed E-state index contributed by atoms with van der Waals surface area (Å²) in [7, 11) is 1.00. The molecule has 1 heterocycles. The molecular weight excluding hydrogens is 944 g/mol. The van der Waals surface area contributed by atoms with Crippen LogP contribution in [0.3, 0.4) is 0 Å². The quantitative estimate of drug-likeness (QED) is 0.0313. The molecular formula is C53H48KN2O15+. The van der Waals surface area contributed by atoms with Gasteiger partial charge >= 0.3 is 75.0 Å². The average Bonchev–Trinajstić information content (AvgIpc) is 3.34. The number of aromatic amines is 1. The van der Waals surface area contributed by atoms with E-state index in [9.17, 15) is 48.6 Å². The van der Waals surface area contributed by atoms with E-state index in [-0.39, 0.29) is 102 Å². The van der Waals surface area contributed by atoms with Gasteiger partial charge in [-0.25, -0.2) is 19.2 Å². The molecule has 17 nitrogen and oxygen atoms in total. The number of aliphatic hydroxyl groups excluding tert-OH is 1. The second kappa shape index (κ2) is 30.0. The second-order valence-electron chi connectivity index (χ2n) is 14.6. The largest absolute Gasteiger partial charge is 1.00 e. The molecule has 0 atom stereocenters. The van der Waals surface area contributed by atoms with Gasteiger partial charge < -0.3 is 41.1 Å². The number of aldehydes is 1. The zero-order valence-corrected chi connectivity index (χ0v) is 42.4. The van der Waals surface area contributed by atoms with Crippen LogP contribution in [0.5, 0.6) is 11.5 Å². The number of nitrogens with zero attached hydrogens (tertiary/aromatic N) is 1. The number of carboxylic acids is 3. The van der Waals surface area contributed by atoms with Crippen LogP contribution in [0.15, 0.2) is 149 Å². The Morgan fingerprint density at radius 1 is 0.620 bits per heavy atom. The molecule has 360 valence electrons. The predicted octanol–water partition coefficient (Wildman–Crippen LogP) is 4.98. The number of carbonyl (C=O) groups is 7. The molecule has 1 aliphatic rings. The summed E-state index contributed by atoms with van der Waals surface area (Å²) in [6.07, 6.45) is 8.30. The number of nitrogens with one attached hydrogen (secondary N) is 1. The van der Waals surface area contributed by atoms with Crippen molar-refractivity contribution in [2.45, 2.75) is 27.7 Å². The molecule has 0 amide bonds. The maximum atomic E-state index is 12.0. The summed E-state index contributed by atoms with van der Waals surface area (Å²) in [6, 6.07) is 29.5. The fourth-order valence-electron chi connectivity index (χ4n) is 5.75. The average molecular weight is 992 g/mol. The van der Waals surface area contributed by atoms with Gasteiger partial charge in [-0.2, -0.15) is 4.98 Å². The van der Waals surface area contributed by atoms with Gasteiger partial charge in [0.25, 0.3) is 5.78 Å². The zero-order valence-electron chi connectivity index (χ0n) is 39.3. The number of ketones is 3. The first-order chi connectivity index (χ1) is 32.8. The Hall–Kier alpha value is -7.68. The summed E-state index contributed by atoms with van der Waals surface area (Å²) in [5.41, 5.74) is 6.70. The van der Waals surface area contributed by atoms with Crippen LogP contribution in [0.1, 0.15) is 82.3 Å². The van der Waals surface area contributed by atoms with Gasteiger partial charge in [-0.05, 0) is 121 Å². The Labute approximate surface area is 449 Å². The molecule has 1 aromatic heterocycles. The van der Waals surface area contributed by atoms with Crippen molar-refractivity contribution in [2.75, 3.05) is 7.11 Å². The molecule has 0 radical (unpaired) electrons. The van der Waals surface area contributed by atoms with E-state index in [1.807, 2.05) is 0 Å². The summed E-state index contributed by atoms with van der Waals surface area (Å²) in [5, 5.41) is 52.2. The number of phenols is 2. The van der Waals surface area contributed by atoms with E-state index in [1.54, 1.807) is 99.7 Å². The summed E-state index contributed by atoms with van der Waals surface area (Å²) in [4.78, 5) is 94.3. The molecule has 0 bridgehead atoms. The Bertz CT molecular complexity index is 3010. The molecule has 0 spiro atoms. The molecule has 8 N–H and O–H groups in total. The summed E-state index contributed by atoms with van der Waals surface area (Å²) < 4.78 is 0. The first-order valence-corrected chi connectivity index (χ1v) is 20.4. The number of aromatic nitrogens is 2. The van der Waals surface area contributed by atoms with Gasteiger partial charge in [-0.3, -0.25) is 19.2 Å². The van der Waals surface area contributed by atoms with E-state index in [4.69, 9.17) is 20.4 Å². The van der Waals surface area contributed by atoms with Gasteiger partial charge in [-0.15, -0.1) is 0 Å². The summed E-state index contributed by atoms with van der Waals surface area (Å²) in [6.45, 7) is 6.67. The Kier molecular flexibility index (Phi) is 25.9. The van der Waals surface area contributed by atoms with Crippen LogP contribution in [-0.4, -0.2) is 94.7 Å². The van der Waals surface area contributed by atoms with Gasteiger partial charge in [0.1, 0.15) is 23.4 Å². The topological polar surface area (TPSA) is 317 Å². The molecule has 18 heteroatoms. The molecule has 0 fully saturated rings. The standard InChI is InChI=1S/C18H14N2O4.C17H14O4.C9H9O2.C8H6O3.CH4O.K.H2O/c1-10-8-13(6-7-16(10)21)15-9-14(19-18(24)20-15)11-2-4-12(5-3-11)17(22)23;1-11-10-14(7-9-15(11)18)16(19)8-4-12-2-5-13(6-3-12)17(20)21;1-6-5-8(7(2)10)3-4-9(6)11;9-5-6-1-3-7(4-2-6)8(10)11;1-2;;/h2-9,21H,1H3,(H,22,23)(H,19,20,24);2-10,18H,1H3,(H,20,21);3-5H,1-2H3;1-5H,(H,10,11);2H,1H3;;1H2/q;;+1;;;+1;/p-1/b;8-4+;;;;;. The molecule has 0 saturated carbocycles. The second-order valence-corrected chi connectivity index (χ2v) is 14.6. The van der Waals surface area contributed by atoms with Crippen LogP contribution < -0.4 is 57.1 Å². The number of allylic oxidation sites excluding steroid dienone is 5. The Morgan fingerprint density at radius 2 is 1.07 bits per heavy atom. The number of carboxylic acid groups (broad SMARTS) is 3. The predicted molar refractivity (Wildman–Crippen MR) is 259 cm³/mol. The normalized spacial score (nSPS) is 10.8. The number of carbonyl (C=O) groups excluding carboxylic acids is 4. The third-order valence-electron chi connectivity index (χ3n) is 9.62. The first-order valence-electron chi connectivity index (χ1n) is 20.4. The summed E-state index contributed by atoms with van der Waals surface area (Å²) in [5.74, 6) is -2.86. The van der Waals surface area contributed by atoms with E-state index < -0.39 is 23.6 Å². The minimum atomic E-state index is -1.01. The fraction of sp³-hybridized carbons (Fsp3) is 0.0943. The van der Waals surface area contributed by atoms with Crippen molar-refractivity contribution >= 4 is 47.6 Å². The maximum Gasteiger partial charge on any atom is 1.00 e. The number of hydrogen-bond acceptors (Lipinski definition) is 13.